The number of anilines is 1. The Morgan fingerprint density at radius 3 is 2.70 bits per heavy atom. The van der Waals surface area contributed by atoms with E-state index >= 15 is 0 Å². The molecule has 0 aliphatic rings. The number of amides is 1. The second-order valence-corrected chi connectivity index (χ2v) is 3.92. The lowest BCUT2D eigenvalue weighted by atomic mass is 10.2. The first-order chi connectivity index (χ1) is 9.34. The molecule has 1 aromatic rings. The fourth-order valence-electron chi connectivity index (χ4n) is 1.45. The standard InChI is InChI=1S/C12H15F3N2O3/c1-19-10(7-16)6-11(18)17-8-3-2-4-9(5-8)20-12(13,14)15/h2-5,10H,6-7,16H2,1H3,(H,17,18). The van der Waals surface area contributed by atoms with E-state index in [2.05, 4.69) is 10.1 Å². The van der Waals surface area contributed by atoms with E-state index in [0.717, 1.165) is 12.1 Å². The molecule has 3 N–H and O–H groups in total. The Kier molecular flexibility index (Phi) is 5.78. The van der Waals surface area contributed by atoms with Crippen molar-refractivity contribution in [2.24, 2.45) is 5.73 Å². The van der Waals surface area contributed by atoms with Crippen LogP contribution >= 0.6 is 0 Å². The molecule has 8 heteroatoms. The molecule has 1 amide bonds. The van der Waals surface area contributed by atoms with Crippen molar-refractivity contribution >= 4 is 11.6 Å². The van der Waals surface area contributed by atoms with Crippen LogP contribution in [0.25, 0.3) is 0 Å². The number of hydrogen-bond donors (Lipinski definition) is 2. The van der Waals surface area contributed by atoms with E-state index < -0.39 is 24.1 Å². The van der Waals surface area contributed by atoms with E-state index in [1.54, 1.807) is 0 Å². The summed E-state index contributed by atoms with van der Waals surface area (Å²) < 4.78 is 44.9. The van der Waals surface area contributed by atoms with Crippen LogP contribution in [0.1, 0.15) is 6.42 Å². The van der Waals surface area contributed by atoms with Gasteiger partial charge < -0.3 is 20.5 Å². The average molecular weight is 292 g/mol. The number of hydrogen-bond acceptors (Lipinski definition) is 4. The highest BCUT2D eigenvalue weighted by Gasteiger charge is 2.31. The second kappa shape index (κ2) is 7.11. The van der Waals surface area contributed by atoms with Crippen molar-refractivity contribution in [2.75, 3.05) is 19.0 Å². The van der Waals surface area contributed by atoms with Gasteiger partial charge in [0.1, 0.15) is 5.75 Å². The summed E-state index contributed by atoms with van der Waals surface area (Å²) >= 11 is 0. The van der Waals surface area contributed by atoms with Crippen molar-refractivity contribution in [1.82, 2.24) is 0 Å². The van der Waals surface area contributed by atoms with Crippen LogP contribution in [0, 0.1) is 0 Å². The highest BCUT2D eigenvalue weighted by molar-refractivity contribution is 5.91. The Bertz CT molecular complexity index is 448. The Labute approximate surface area is 113 Å². The highest BCUT2D eigenvalue weighted by atomic mass is 19.4. The van der Waals surface area contributed by atoms with Gasteiger partial charge >= 0.3 is 6.36 Å². The largest absolute Gasteiger partial charge is 0.573 e. The van der Waals surface area contributed by atoms with Crippen LogP contribution in [0.4, 0.5) is 18.9 Å². The molecule has 0 aromatic heterocycles. The molecule has 0 radical (unpaired) electrons. The number of methoxy groups -OCH3 is 1. The minimum absolute atomic E-state index is 0.0113. The third-order valence-corrected chi connectivity index (χ3v) is 2.36. The van der Waals surface area contributed by atoms with Gasteiger partial charge in [-0.25, -0.2) is 0 Å². The van der Waals surface area contributed by atoms with Gasteiger partial charge in [0.25, 0.3) is 0 Å². The van der Waals surface area contributed by atoms with Crippen LogP contribution in [0.3, 0.4) is 0 Å². The zero-order chi connectivity index (χ0) is 15.2. The molecule has 1 aromatic carbocycles. The van der Waals surface area contributed by atoms with Crippen molar-refractivity contribution in [2.45, 2.75) is 18.9 Å². The van der Waals surface area contributed by atoms with Crippen LogP contribution in [0.2, 0.25) is 0 Å². The van der Waals surface area contributed by atoms with Gasteiger partial charge in [0.05, 0.1) is 12.5 Å². The molecule has 0 heterocycles. The summed E-state index contributed by atoms with van der Waals surface area (Å²) in [7, 11) is 1.42. The summed E-state index contributed by atoms with van der Waals surface area (Å²) in [6, 6.07) is 5.01. The van der Waals surface area contributed by atoms with Crippen LogP contribution in [0.5, 0.6) is 5.75 Å². The number of carbonyl (C=O) groups is 1. The normalized spacial score (nSPS) is 12.8. The van der Waals surface area contributed by atoms with E-state index in [9.17, 15) is 18.0 Å². The van der Waals surface area contributed by atoms with E-state index in [-0.39, 0.29) is 18.7 Å². The summed E-state index contributed by atoms with van der Waals surface area (Å²) in [5, 5.41) is 2.45. The van der Waals surface area contributed by atoms with Gasteiger partial charge in [-0.1, -0.05) is 6.07 Å². The van der Waals surface area contributed by atoms with Crippen molar-refractivity contribution in [3.8, 4) is 5.75 Å². The maximum Gasteiger partial charge on any atom is 0.573 e. The molecule has 1 rings (SSSR count). The number of rotatable bonds is 6. The third-order valence-electron chi connectivity index (χ3n) is 2.36. The number of nitrogens with two attached hydrogens (primary N) is 1. The molecule has 0 aliphatic heterocycles. The third kappa shape index (κ3) is 5.89. The number of alkyl halides is 3. The fourth-order valence-corrected chi connectivity index (χ4v) is 1.45. The molecule has 0 saturated heterocycles. The maximum absolute atomic E-state index is 12.1. The van der Waals surface area contributed by atoms with Crippen molar-refractivity contribution in [3.63, 3.8) is 0 Å². The SMILES string of the molecule is COC(CN)CC(=O)Nc1cccc(OC(F)(F)F)c1. The van der Waals surface area contributed by atoms with Gasteiger partial charge in [-0.15, -0.1) is 13.2 Å². The first-order valence-corrected chi connectivity index (χ1v) is 5.72. The molecule has 1 atom stereocenters. The van der Waals surface area contributed by atoms with Crippen molar-refractivity contribution < 1.29 is 27.4 Å². The molecule has 5 nitrogen and oxygen atoms in total. The van der Waals surface area contributed by atoms with Crippen LogP contribution in [-0.2, 0) is 9.53 Å². The minimum Gasteiger partial charge on any atom is -0.406 e. The van der Waals surface area contributed by atoms with Crippen LogP contribution in [0.15, 0.2) is 24.3 Å². The average Bonchev–Trinajstić information content (AvgIpc) is 2.34. The topological polar surface area (TPSA) is 73.6 Å². The van der Waals surface area contributed by atoms with Gasteiger partial charge in [0, 0.05) is 25.4 Å². The van der Waals surface area contributed by atoms with Crippen LogP contribution in [-0.4, -0.2) is 32.0 Å². The number of halogens is 3. The molecule has 0 saturated carbocycles. The van der Waals surface area contributed by atoms with E-state index in [4.69, 9.17) is 10.5 Å². The summed E-state index contributed by atoms with van der Waals surface area (Å²) in [6.07, 6.45) is -5.20. The molecule has 0 bridgehead atoms. The van der Waals surface area contributed by atoms with Gasteiger partial charge in [0.2, 0.25) is 5.91 Å². The number of ether oxygens (including phenoxy) is 2. The lowest BCUT2D eigenvalue weighted by molar-refractivity contribution is -0.274. The Morgan fingerprint density at radius 2 is 2.15 bits per heavy atom. The summed E-state index contributed by atoms with van der Waals surface area (Å²) in [5.41, 5.74) is 5.57. The molecule has 20 heavy (non-hydrogen) atoms. The lowest BCUT2D eigenvalue weighted by Gasteiger charge is -2.13. The van der Waals surface area contributed by atoms with Gasteiger partial charge in [-0.2, -0.15) is 0 Å². The van der Waals surface area contributed by atoms with Crippen LogP contribution < -0.4 is 15.8 Å². The van der Waals surface area contributed by atoms with Crippen molar-refractivity contribution in [1.29, 1.82) is 0 Å². The minimum atomic E-state index is -4.77. The number of nitrogens with one attached hydrogen (secondary N) is 1. The molecule has 0 fully saturated rings. The van der Waals surface area contributed by atoms with Gasteiger partial charge in [-0.05, 0) is 12.1 Å². The molecule has 0 spiro atoms. The number of carbonyl (C=O) groups excluding carboxylic acids is 1. The zero-order valence-electron chi connectivity index (χ0n) is 10.7. The molecular weight excluding hydrogens is 277 g/mol. The first kappa shape index (κ1) is 16.3. The maximum atomic E-state index is 12.1. The Balaban J connectivity index is 2.64. The predicted molar refractivity (Wildman–Crippen MR) is 66.2 cm³/mol. The second-order valence-electron chi connectivity index (χ2n) is 3.92. The smallest absolute Gasteiger partial charge is 0.406 e. The summed E-state index contributed by atoms with van der Waals surface area (Å²) in [5.74, 6) is -0.816. The fraction of sp³-hybridized carbons (Fsp3) is 0.417. The van der Waals surface area contributed by atoms with Gasteiger partial charge in [0.15, 0.2) is 0 Å². The quantitative estimate of drug-likeness (QED) is 0.839. The Hall–Kier alpha value is -1.80. The predicted octanol–water partition coefficient (Wildman–Crippen LogP) is 1.89. The summed E-state index contributed by atoms with van der Waals surface area (Å²) in [6.45, 7) is 0.168. The van der Waals surface area contributed by atoms with Crippen molar-refractivity contribution in [3.05, 3.63) is 24.3 Å². The lowest BCUT2D eigenvalue weighted by Crippen LogP contribution is -2.28. The zero-order valence-corrected chi connectivity index (χ0v) is 10.7. The molecular formula is C12H15F3N2O3. The van der Waals surface area contributed by atoms with E-state index in [0.29, 0.717) is 0 Å². The monoisotopic (exact) mass is 292 g/mol. The van der Waals surface area contributed by atoms with E-state index in [1.807, 2.05) is 0 Å². The number of benzene rings is 1. The first-order valence-electron chi connectivity index (χ1n) is 5.72. The Morgan fingerprint density at radius 1 is 1.45 bits per heavy atom. The molecule has 0 aliphatic carbocycles. The highest BCUT2D eigenvalue weighted by Crippen LogP contribution is 2.25. The molecule has 1 unspecified atom stereocenters. The van der Waals surface area contributed by atoms with Gasteiger partial charge in [-0.3, -0.25) is 4.79 Å². The van der Waals surface area contributed by atoms with E-state index in [1.165, 1.54) is 19.2 Å². The molecule has 112 valence electrons. The summed E-state index contributed by atoms with van der Waals surface area (Å²) in [4.78, 5) is 11.6.